The van der Waals surface area contributed by atoms with Gasteiger partial charge in [-0.3, -0.25) is 4.79 Å². The van der Waals surface area contributed by atoms with E-state index < -0.39 is 5.97 Å². The van der Waals surface area contributed by atoms with Crippen molar-refractivity contribution in [1.29, 1.82) is 0 Å². The maximum atomic E-state index is 12.8. The van der Waals surface area contributed by atoms with E-state index in [9.17, 15) is 14.7 Å². The maximum Gasteiger partial charge on any atom is 0.334 e. The van der Waals surface area contributed by atoms with Crippen LogP contribution in [0, 0.1) is 11.8 Å². The lowest BCUT2D eigenvalue weighted by Crippen LogP contribution is -2.30. The van der Waals surface area contributed by atoms with Gasteiger partial charge in [-0.25, -0.2) is 4.79 Å². The number of aromatic hydroxyl groups is 1. The Morgan fingerprint density at radius 3 is 2.35 bits per heavy atom. The third kappa shape index (κ3) is 4.45. The van der Waals surface area contributed by atoms with E-state index in [1.165, 1.54) is 25.7 Å². The lowest BCUT2D eigenvalue weighted by Gasteiger charge is -2.22. The SMILES string of the molecule is CCOC(=O)/C(=C/c1ccc(O)cc1)CC(=O)N1C[C@H]2CCCC[C@H]2C1. The second-order valence-electron chi connectivity index (χ2n) is 7.26. The third-order valence-corrected chi connectivity index (χ3v) is 5.44. The third-order valence-electron chi connectivity index (χ3n) is 5.44. The number of phenolic OH excluding ortho intramolecular Hbond substituents is 1. The van der Waals surface area contributed by atoms with E-state index in [0.717, 1.165) is 18.7 Å². The van der Waals surface area contributed by atoms with Crippen LogP contribution >= 0.6 is 0 Å². The van der Waals surface area contributed by atoms with Crippen molar-refractivity contribution in [1.82, 2.24) is 4.90 Å². The molecule has 5 heteroatoms. The molecule has 2 atom stereocenters. The van der Waals surface area contributed by atoms with Crippen LogP contribution in [0.15, 0.2) is 29.8 Å². The molecule has 2 aliphatic rings. The zero-order chi connectivity index (χ0) is 18.5. The zero-order valence-corrected chi connectivity index (χ0v) is 15.3. The monoisotopic (exact) mass is 357 g/mol. The minimum absolute atomic E-state index is 0.00233. The molecule has 0 aromatic heterocycles. The molecule has 5 nitrogen and oxygen atoms in total. The molecule has 1 saturated heterocycles. The number of nitrogens with zero attached hydrogens (tertiary/aromatic N) is 1. The first-order chi connectivity index (χ1) is 12.6. The fraction of sp³-hybridized carbons (Fsp3) is 0.524. The summed E-state index contributed by atoms with van der Waals surface area (Å²) in [6.07, 6.45) is 6.68. The predicted octanol–water partition coefficient (Wildman–Crippen LogP) is 3.38. The molecule has 1 aromatic rings. The molecule has 1 aliphatic heterocycles. The number of rotatable bonds is 5. The number of phenols is 1. The van der Waals surface area contributed by atoms with Crippen molar-refractivity contribution < 1.29 is 19.4 Å². The summed E-state index contributed by atoms with van der Waals surface area (Å²) < 4.78 is 5.13. The highest BCUT2D eigenvalue weighted by atomic mass is 16.5. The van der Waals surface area contributed by atoms with Crippen LogP contribution in [0.2, 0.25) is 0 Å². The molecule has 2 fully saturated rings. The topological polar surface area (TPSA) is 66.8 Å². The molecule has 0 unspecified atom stereocenters. The van der Waals surface area contributed by atoms with Crippen molar-refractivity contribution in [2.45, 2.75) is 39.0 Å². The Hall–Kier alpha value is -2.30. The fourth-order valence-electron chi connectivity index (χ4n) is 4.06. The summed E-state index contributed by atoms with van der Waals surface area (Å²) in [5, 5.41) is 9.40. The van der Waals surface area contributed by atoms with Gasteiger partial charge in [0.1, 0.15) is 5.75 Å². The number of amides is 1. The second kappa shape index (κ2) is 8.39. The number of carbonyl (C=O) groups is 2. The summed E-state index contributed by atoms with van der Waals surface area (Å²) in [5.74, 6) is 0.957. The predicted molar refractivity (Wildman–Crippen MR) is 99.4 cm³/mol. The Balaban J connectivity index is 1.71. The summed E-state index contributed by atoms with van der Waals surface area (Å²) in [5.41, 5.74) is 1.12. The average molecular weight is 357 g/mol. The Morgan fingerprint density at radius 2 is 1.77 bits per heavy atom. The first-order valence-electron chi connectivity index (χ1n) is 9.51. The van der Waals surface area contributed by atoms with Gasteiger partial charge in [0.25, 0.3) is 0 Å². The van der Waals surface area contributed by atoms with Crippen LogP contribution in [0.3, 0.4) is 0 Å². The summed E-state index contributed by atoms with van der Waals surface area (Å²) >= 11 is 0. The summed E-state index contributed by atoms with van der Waals surface area (Å²) in [4.78, 5) is 27.0. The Kier molecular flexibility index (Phi) is 5.96. The number of hydrogen-bond acceptors (Lipinski definition) is 4. The van der Waals surface area contributed by atoms with E-state index >= 15 is 0 Å². The van der Waals surface area contributed by atoms with Crippen LogP contribution in [-0.2, 0) is 14.3 Å². The average Bonchev–Trinajstić information content (AvgIpc) is 3.07. The van der Waals surface area contributed by atoms with E-state index in [0.29, 0.717) is 17.4 Å². The van der Waals surface area contributed by atoms with Crippen molar-refractivity contribution in [2.75, 3.05) is 19.7 Å². The molecule has 26 heavy (non-hydrogen) atoms. The molecule has 140 valence electrons. The van der Waals surface area contributed by atoms with Crippen LogP contribution in [0.5, 0.6) is 5.75 Å². The molecule has 0 spiro atoms. The lowest BCUT2D eigenvalue weighted by molar-refractivity contribution is -0.140. The van der Waals surface area contributed by atoms with Gasteiger partial charge in [-0.1, -0.05) is 25.0 Å². The zero-order valence-electron chi connectivity index (χ0n) is 15.3. The first-order valence-corrected chi connectivity index (χ1v) is 9.51. The van der Waals surface area contributed by atoms with Gasteiger partial charge in [0, 0.05) is 18.7 Å². The van der Waals surface area contributed by atoms with Gasteiger partial charge in [-0.2, -0.15) is 0 Å². The highest BCUT2D eigenvalue weighted by molar-refractivity contribution is 5.99. The molecule has 1 heterocycles. The second-order valence-corrected chi connectivity index (χ2v) is 7.26. The quantitative estimate of drug-likeness (QED) is 0.648. The van der Waals surface area contributed by atoms with E-state index in [-0.39, 0.29) is 24.7 Å². The molecule has 0 radical (unpaired) electrons. The van der Waals surface area contributed by atoms with Crippen LogP contribution in [0.1, 0.15) is 44.6 Å². The minimum Gasteiger partial charge on any atom is -0.508 e. The van der Waals surface area contributed by atoms with Crippen LogP contribution in [0.4, 0.5) is 0 Å². The summed E-state index contributed by atoms with van der Waals surface area (Å²) in [6.45, 7) is 3.66. The van der Waals surface area contributed by atoms with Gasteiger partial charge in [0.15, 0.2) is 0 Å². The van der Waals surface area contributed by atoms with Crippen LogP contribution in [0.25, 0.3) is 6.08 Å². The van der Waals surface area contributed by atoms with Crippen molar-refractivity contribution in [2.24, 2.45) is 11.8 Å². The standard InChI is InChI=1S/C21H27NO4/c1-2-26-21(25)18(11-15-7-9-19(23)10-8-15)12-20(24)22-13-16-5-3-4-6-17(16)14-22/h7-11,16-17,23H,2-6,12-14H2,1H3/b18-11+/t16-,17+. The molecule has 1 saturated carbocycles. The highest BCUT2D eigenvalue weighted by Gasteiger charge is 2.36. The van der Waals surface area contributed by atoms with Crippen molar-refractivity contribution in [3.8, 4) is 5.75 Å². The summed E-state index contributed by atoms with van der Waals surface area (Å²) in [6, 6.07) is 6.54. The minimum atomic E-state index is -0.453. The molecule has 1 amide bonds. The lowest BCUT2D eigenvalue weighted by atomic mass is 9.82. The van der Waals surface area contributed by atoms with Crippen molar-refractivity contribution >= 4 is 18.0 Å². The molecular weight excluding hydrogens is 330 g/mol. The van der Waals surface area contributed by atoms with Crippen molar-refractivity contribution in [3.05, 3.63) is 35.4 Å². The van der Waals surface area contributed by atoms with E-state index in [2.05, 4.69) is 0 Å². The molecule has 1 aliphatic carbocycles. The van der Waals surface area contributed by atoms with Gasteiger partial charge >= 0.3 is 5.97 Å². The first kappa shape index (κ1) is 18.5. The number of carbonyl (C=O) groups excluding carboxylic acids is 2. The molecule has 1 N–H and O–H groups in total. The Labute approximate surface area is 154 Å². The largest absolute Gasteiger partial charge is 0.508 e. The van der Waals surface area contributed by atoms with Gasteiger partial charge in [-0.15, -0.1) is 0 Å². The van der Waals surface area contributed by atoms with Crippen LogP contribution < -0.4 is 0 Å². The number of hydrogen-bond donors (Lipinski definition) is 1. The Morgan fingerprint density at radius 1 is 1.15 bits per heavy atom. The number of fused-ring (bicyclic) bond motifs is 1. The van der Waals surface area contributed by atoms with Gasteiger partial charge in [0.05, 0.1) is 13.0 Å². The van der Waals surface area contributed by atoms with E-state index in [1.807, 2.05) is 4.90 Å². The van der Waals surface area contributed by atoms with Gasteiger partial charge in [-0.05, 0) is 55.4 Å². The fourth-order valence-corrected chi connectivity index (χ4v) is 4.06. The maximum absolute atomic E-state index is 12.8. The smallest absolute Gasteiger partial charge is 0.334 e. The van der Waals surface area contributed by atoms with Gasteiger partial charge < -0.3 is 14.7 Å². The number of ether oxygens (including phenoxy) is 1. The molecular formula is C21H27NO4. The van der Waals surface area contributed by atoms with E-state index in [1.54, 1.807) is 37.3 Å². The van der Waals surface area contributed by atoms with Crippen molar-refractivity contribution in [3.63, 3.8) is 0 Å². The van der Waals surface area contributed by atoms with Crippen LogP contribution in [-0.4, -0.2) is 41.6 Å². The number of benzene rings is 1. The summed E-state index contributed by atoms with van der Waals surface area (Å²) in [7, 11) is 0. The molecule has 1 aromatic carbocycles. The molecule has 3 rings (SSSR count). The highest BCUT2D eigenvalue weighted by Crippen LogP contribution is 2.36. The number of esters is 1. The normalized spacial score (nSPS) is 22.8. The Bertz CT molecular complexity index is 666. The number of likely N-dealkylation sites (tertiary alicyclic amines) is 1. The molecule has 0 bridgehead atoms. The van der Waals surface area contributed by atoms with Gasteiger partial charge in [0.2, 0.25) is 5.91 Å². The van der Waals surface area contributed by atoms with E-state index in [4.69, 9.17) is 4.74 Å².